The molecule has 0 aromatic rings. The van der Waals surface area contributed by atoms with Gasteiger partial charge in [-0.25, -0.2) is 0 Å². The summed E-state index contributed by atoms with van der Waals surface area (Å²) in [5.74, 6) is 0.00926. The molecule has 16 heavy (non-hydrogen) atoms. The van der Waals surface area contributed by atoms with Crippen molar-refractivity contribution in [3.05, 3.63) is 0 Å². The molecule has 0 atom stereocenters. The third-order valence-electron chi connectivity index (χ3n) is 2.07. The van der Waals surface area contributed by atoms with Gasteiger partial charge in [0.2, 0.25) is 5.91 Å². The van der Waals surface area contributed by atoms with Crippen LogP contribution in [0.2, 0.25) is 0 Å². The average Bonchev–Trinajstić information content (AvgIpc) is 2.29. The molecule has 0 rings (SSSR count). The van der Waals surface area contributed by atoms with E-state index in [1.54, 1.807) is 19.1 Å². The maximum atomic E-state index is 11.7. The smallest absolute Gasteiger partial charge is 0.248 e. The molecule has 0 aromatic heterocycles. The third-order valence-corrected chi connectivity index (χ3v) is 2.07. The molecule has 0 saturated heterocycles. The largest absolute Gasteiger partial charge is 0.383 e. The summed E-state index contributed by atoms with van der Waals surface area (Å²) in [6.07, 6.45) is 0.938. The van der Waals surface area contributed by atoms with Gasteiger partial charge in [0.05, 0.1) is 19.8 Å². The van der Waals surface area contributed by atoms with Gasteiger partial charge in [-0.1, -0.05) is 6.92 Å². The predicted molar refractivity (Wildman–Crippen MR) is 61.4 cm³/mol. The number of carbonyl (C=O) groups is 1. The summed E-state index contributed by atoms with van der Waals surface area (Å²) in [4.78, 5) is 13.5. The van der Waals surface area contributed by atoms with E-state index < -0.39 is 0 Å². The fourth-order valence-electron chi connectivity index (χ4n) is 1.23. The van der Waals surface area contributed by atoms with Crippen LogP contribution in [-0.4, -0.2) is 64.5 Å². The molecule has 0 unspecified atom stereocenters. The molecule has 5 nitrogen and oxygen atoms in total. The highest BCUT2D eigenvalue weighted by atomic mass is 16.5. The second kappa shape index (κ2) is 10.9. The Morgan fingerprint density at radius 2 is 1.75 bits per heavy atom. The molecule has 0 aliphatic carbocycles. The molecule has 0 spiro atoms. The number of hydrogen-bond donors (Lipinski definition) is 0. The van der Waals surface area contributed by atoms with Crippen molar-refractivity contribution in [3.63, 3.8) is 0 Å². The van der Waals surface area contributed by atoms with Gasteiger partial charge in [-0.05, 0) is 6.42 Å². The van der Waals surface area contributed by atoms with Crippen LogP contribution in [0.3, 0.4) is 0 Å². The van der Waals surface area contributed by atoms with Crippen molar-refractivity contribution in [1.82, 2.24) is 4.90 Å². The molecule has 96 valence electrons. The Kier molecular flexibility index (Phi) is 10.4. The maximum absolute atomic E-state index is 11.7. The molecule has 1 amide bonds. The van der Waals surface area contributed by atoms with Gasteiger partial charge in [-0.2, -0.15) is 0 Å². The van der Waals surface area contributed by atoms with E-state index in [9.17, 15) is 4.79 Å². The highest BCUT2D eigenvalue weighted by molar-refractivity contribution is 5.77. The van der Waals surface area contributed by atoms with Gasteiger partial charge in [0, 0.05) is 27.3 Å². The first-order valence-electron chi connectivity index (χ1n) is 5.59. The van der Waals surface area contributed by atoms with E-state index in [2.05, 4.69) is 0 Å². The van der Waals surface area contributed by atoms with E-state index in [0.717, 1.165) is 13.0 Å². The summed E-state index contributed by atoms with van der Waals surface area (Å²) in [7, 11) is 3.23. The molecule has 0 radical (unpaired) electrons. The summed E-state index contributed by atoms with van der Waals surface area (Å²) in [5, 5.41) is 0. The monoisotopic (exact) mass is 233 g/mol. The molecule has 0 aliphatic heterocycles. The van der Waals surface area contributed by atoms with Crippen molar-refractivity contribution in [3.8, 4) is 0 Å². The fraction of sp³-hybridized carbons (Fsp3) is 0.909. The van der Waals surface area contributed by atoms with Crippen molar-refractivity contribution in [2.75, 3.05) is 53.7 Å². The van der Waals surface area contributed by atoms with Crippen LogP contribution < -0.4 is 0 Å². The van der Waals surface area contributed by atoms with Gasteiger partial charge in [0.25, 0.3) is 0 Å². The third kappa shape index (κ3) is 7.62. The molecule has 0 heterocycles. The maximum Gasteiger partial charge on any atom is 0.248 e. The Morgan fingerprint density at radius 3 is 2.31 bits per heavy atom. The van der Waals surface area contributed by atoms with Gasteiger partial charge in [-0.15, -0.1) is 0 Å². The van der Waals surface area contributed by atoms with Gasteiger partial charge in [0.15, 0.2) is 0 Å². The molecular weight excluding hydrogens is 210 g/mol. The highest BCUT2D eigenvalue weighted by Gasteiger charge is 2.11. The Hall–Kier alpha value is -0.650. The van der Waals surface area contributed by atoms with Crippen molar-refractivity contribution >= 4 is 5.91 Å². The first-order valence-corrected chi connectivity index (χ1v) is 5.59. The summed E-state index contributed by atoms with van der Waals surface area (Å²) >= 11 is 0. The van der Waals surface area contributed by atoms with E-state index >= 15 is 0 Å². The van der Waals surface area contributed by atoms with Gasteiger partial charge < -0.3 is 19.1 Å². The van der Waals surface area contributed by atoms with Gasteiger partial charge >= 0.3 is 0 Å². The van der Waals surface area contributed by atoms with Crippen LogP contribution in [0.15, 0.2) is 0 Å². The topological polar surface area (TPSA) is 48.0 Å². The summed E-state index contributed by atoms with van der Waals surface area (Å²) in [6, 6.07) is 0. The Bertz CT molecular complexity index is 175. The molecule has 0 bridgehead atoms. The Labute approximate surface area is 97.7 Å². The lowest BCUT2D eigenvalue weighted by atomic mass is 10.4. The lowest BCUT2D eigenvalue weighted by Gasteiger charge is -2.21. The number of ether oxygens (including phenoxy) is 3. The summed E-state index contributed by atoms with van der Waals surface area (Å²) in [5.41, 5.74) is 0. The zero-order valence-corrected chi connectivity index (χ0v) is 10.5. The van der Waals surface area contributed by atoms with Crippen LogP contribution >= 0.6 is 0 Å². The number of rotatable bonds is 10. The van der Waals surface area contributed by atoms with Crippen LogP contribution in [0.25, 0.3) is 0 Å². The second-order valence-electron chi connectivity index (χ2n) is 3.42. The van der Waals surface area contributed by atoms with Crippen molar-refractivity contribution in [2.24, 2.45) is 0 Å². The number of methoxy groups -OCH3 is 2. The van der Waals surface area contributed by atoms with Crippen LogP contribution in [-0.2, 0) is 19.0 Å². The number of hydrogen-bond acceptors (Lipinski definition) is 4. The quantitative estimate of drug-likeness (QED) is 0.517. The van der Waals surface area contributed by atoms with Crippen LogP contribution in [0.4, 0.5) is 0 Å². The molecule has 0 saturated carbocycles. The van der Waals surface area contributed by atoms with Crippen LogP contribution in [0, 0.1) is 0 Å². The van der Waals surface area contributed by atoms with E-state index in [1.165, 1.54) is 0 Å². The Balaban J connectivity index is 3.77. The van der Waals surface area contributed by atoms with Gasteiger partial charge in [-0.3, -0.25) is 4.79 Å². The van der Waals surface area contributed by atoms with E-state index in [0.29, 0.717) is 26.4 Å². The zero-order chi connectivity index (χ0) is 12.2. The van der Waals surface area contributed by atoms with Crippen molar-refractivity contribution in [1.29, 1.82) is 0 Å². The lowest BCUT2D eigenvalue weighted by Crippen LogP contribution is -2.37. The molecule has 5 heteroatoms. The normalized spacial score (nSPS) is 10.4. The van der Waals surface area contributed by atoms with Crippen molar-refractivity contribution < 1.29 is 19.0 Å². The standard InChI is InChI=1S/C11H23NO4/c1-4-5-12(6-7-14-2)11(13)10-16-9-8-15-3/h4-10H2,1-3H3. The second-order valence-corrected chi connectivity index (χ2v) is 3.42. The first-order chi connectivity index (χ1) is 7.76. The molecule has 0 aromatic carbocycles. The minimum Gasteiger partial charge on any atom is -0.383 e. The molecule has 0 aliphatic rings. The van der Waals surface area contributed by atoms with Crippen LogP contribution in [0.1, 0.15) is 13.3 Å². The van der Waals surface area contributed by atoms with E-state index in [1.807, 2.05) is 6.92 Å². The minimum atomic E-state index is 0.00926. The number of nitrogens with zero attached hydrogens (tertiary/aromatic N) is 1. The SMILES string of the molecule is CCCN(CCOC)C(=O)COCCOC. The van der Waals surface area contributed by atoms with E-state index in [4.69, 9.17) is 14.2 Å². The zero-order valence-electron chi connectivity index (χ0n) is 10.5. The first kappa shape index (κ1) is 15.3. The lowest BCUT2D eigenvalue weighted by molar-refractivity contribution is -0.137. The fourth-order valence-corrected chi connectivity index (χ4v) is 1.23. The number of carbonyl (C=O) groups excluding carboxylic acids is 1. The number of amides is 1. The Morgan fingerprint density at radius 1 is 1.06 bits per heavy atom. The highest BCUT2D eigenvalue weighted by Crippen LogP contribution is 1.94. The minimum absolute atomic E-state index is 0.00926. The van der Waals surface area contributed by atoms with Gasteiger partial charge in [0.1, 0.15) is 6.61 Å². The van der Waals surface area contributed by atoms with Crippen LogP contribution in [0.5, 0.6) is 0 Å². The van der Waals surface area contributed by atoms with E-state index in [-0.39, 0.29) is 12.5 Å². The molecular formula is C11H23NO4. The summed E-state index contributed by atoms with van der Waals surface area (Å²) in [6.45, 7) is 5.05. The average molecular weight is 233 g/mol. The molecule has 0 fully saturated rings. The van der Waals surface area contributed by atoms with Crippen molar-refractivity contribution in [2.45, 2.75) is 13.3 Å². The predicted octanol–water partition coefficient (Wildman–Crippen LogP) is 0.534. The summed E-state index contributed by atoms with van der Waals surface area (Å²) < 4.78 is 15.0. The molecule has 0 N–H and O–H groups in total.